The lowest BCUT2D eigenvalue weighted by atomic mass is 9.78. The molecule has 2 heterocycles. The van der Waals surface area contributed by atoms with Crippen molar-refractivity contribution in [2.75, 3.05) is 20.1 Å². The Kier molecular flexibility index (Phi) is 6.64. The molecular formula is C23H34BClN2O5. The Labute approximate surface area is 196 Å². The fourth-order valence-electron chi connectivity index (χ4n) is 3.73. The fourth-order valence-corrected chi connectivity index (χ4v) is 4.00. The maximum absolute atomic E-state index is 13.1. The van der Waals surface area contributed by atoms with Gasteiger partial charge in [-0.2, -0.15) is 0 Å². The van der Waals surface area contributed by atoms with Gasteiger partial charge >= 0.3 is 13.2 Å². The predicted molar refractivity (Wildman–Crippen MR) is 125 cm³/mol. The Morgan fingerprint density at radius 2 is 1.78 bits per heavy atom. The first-order valence-corrected chi connectivity index (χ1v) is 11.4. The molecule has 2 fully saturated rings. The summed E-state index contributed by atoms with van der Waals surface area (Å²) in [6.45, 7) is 14.4. The van der Waals surface area contributed by atoms with Gasteiger partial charge in [0.15, 0.2) is 0 Å². The second-order valence-corrected chi connectivity index (χ2v) is 11.0. The summed E-state index contributed by atoms with van der Waals surface area (Å²) in [6.07, 6.45) is 0.313. The minimum atomic E-state index is -0.588. The molecule has 32 heavy (non-hydrogen) atoms. The quantitative estimate of drug-likeness (QED) is 0.638. The Morgan fingerprint density at radius 3 is 2.31 bits per heavy atom. The van der Waals surface area contributed by atoms with Crippen molar-refractivity contribution < 1.29 is 23.6 Å². The molecule has 3 rings (SSSR count). The van der Waals surface area contributed by atoms with Gasteiger partial charge < -0.3 is 23.8 Å². The van der Waals surface area contributed by atoms with Gasteiger partial charge in [0.1, 0.15) is 5.60 Å². The highest BCUT2D eigenvalue weighted by Crippen LogP contribution is 2.37. The number of halogens is 1. The van der Waals surface area contributed by atoms with Crippen molar-refractivity contribution in [3.05, 3.63) is 28.8 Å². The number of rotatable bonds is 3. The first-order chi connectivity index (χ1) is 14.6. The van der Waals surface area contributed by atoms with Crippen molar-refractivity contribution in [1.82, 2.24) is 9.80 Å². The zero-order valence-corrected chi connectivity index (χ0v) is 21.1. The highest BCUT2D eigenvalue weighted by Gasteiger charge is 2.52. The number of hydrogen-bond acceptors (Lipinski definition) is 5. The molecule has 2 amide bonds. The number of carbonyl (C=O) groups excluding carboxylic acids is 2. The van der Waals surface area contributed by atoms with E-state index in [2.05, 4.69) is 0 Å². The van der Waals surface area contributed by atoms with Gasteiger partial charge in [0, 0.05) is 36.2 Å². The van der Waals surface area contributed by atoms with Crippen LogP contribution in [-0.4, -0.2) is 71.9 Å². The first kappa shape index (κ1) is 24.9. The van der Waals surface area contributed by atoms with E-state index in [0.717, 1.165) is 0 Å². The number of amides is 2. The van der Waals surface area contributed by atoms with E-state index in [9.17, 15) is 9.59 Å². The van der Waals surface area contributed by atoms with Crippen molar-refractivity contribution in [1.29, 1.82) is 0 Å². The summed E-state index contributed by atoms with van der Waals surface area (Å²) < 4.78 is 17.6. The Bertz CT molecular complexity index is 883. The predicted octanol–water partition coefficient (Wildman–Crippen LogP) is 3.72. The molecule has 2 aliphatic heterocycles. The van der Waals surface area contributed by atoms with Gasteiger partial charge in [-0.3, -0.25) is 4.79 Å². The molecule has 0 aliphatic carbocycles. The maximum Gasteiger partial charge on any atom is 0.496 e. The van der Waals surface area contributed by atoms with Gasteiger partial charge in [0.25, 0.3) is 5.91 Å². The third-order valence-electron chi connectivity index (χ3n) is 6.43. The second-order valence-electron chi connectivity index (χ2n) is 10.6. The van der Waals surface area contributed by atoms with Gasteiger partial charge in [-0.25, -0.2) is 4.79 Å². The number of benzene rings is 1. The van der Waals surface area contributed by atoms with E-state index in [0.29, 0.717) is 35.6 Å². The molecule has 0 aromatic heterocycles. The molecule has 0 N–H and O–H groups in total. The summed E-state index contributed by atoms with van der Waals surface area (Å²) in [4.78, 5) is 28.7. The molecule has 0 radical (unpaired) electrons. The summed E-state index contributed by atoms with van der Waals surface area (Å²) in [6, 6.07) is 5.11. The van der Waals surface area contributed by atoms with Crippen LogP contribution in [-0.2, 0) is 14.0 Å². The first-order valence-electron chi connectivity index (χ1n) is 11.0. The maximum atomic E-state index is 13.1. The molecule has 1 aromatic carbocycles. The lowest BCUT2D eigenvalue weighted by Crippen LogP contribution is -2.42. The van der Waals surface area contributed by atoms with Crippen molar-refractivity contribution >= 4 is 36.2 Å². The summed E-state index contributed by atoms with van der Waals surface area (Å²) >= 11 is 6.53. The molecule has 0 saturated carbocycles. The van der Waals surface area contributed by atoms with Crippen LogP contribution in [0.5, 0.6) is 0 Å². The van der Waals surface area contributed by atoms with Crippen LogP contribution < -0.4 is 5.46 Å². The largest absolute Gasteiger partial charge is 0.496 e. The van der Waals surface area contributed by atoms with Crippen molar-refractivity contribution in [3.8, 4) is 0 Å². The van der Waals surface area contributed by atoms with Gasteiger partial charge in [0.05, 0.1) is 17.2 Å². The van der Waals surface area contributed by atoms with Gasteiger partial charge in [-0.15, -0.1) is 0 Å². The van der Waals surface area contributed by atoms with E-state index in [1.54, 1.807) is 35.0 Å². The van der Waals surface area contributed by atoms with Gasteiger partial charge in [-0.05, 0) is 67.0 Å². The van der Waals surface area contributed by atoms with Crippen molar-refractivity contribution in [3.63, 3.8) is 0 Å². The van der Waals surface area contributed by atoms with Crippen LogP contribution >= 0.6 is 11.6 Å². The molecule has 0 spiro atoms. The number of likely N-dealkylation sites (tertiary alicyclic amines) is 1. The zero-order chi connectivity index (χ0) is 24.1. The standard InChI is InChI=1S/C23H34BClN2O5/c1-21(2,3)30-20(29)26(8)16-11-12-27(14-16)19(28)15-9-10-17(18(25)13-15)24-31-22(4,5)23(6,7)32-24/h9-10,13,16H,11-12,14H2,1-8H3/t16-/m1/s1. The molecule has 0 bridgehead atoms. The van der Waals surface area contributed by atoms with E-state index in [4.69, 9.17) is 25.6 Å². The number of nitrogens with zero attached hydrogens (tertiary/aromatic N) is 2. The van der Waals surface area contributed by atoms with Crippen LogP contribution in [0.25, 0.3) is 0 Å². The van der Waals surface area contributed by atoms with Crippen LogP contribution in [0.15, 0.2) is 18.2 Å². The zero-order valence-electron chi connectivity index (χ0n) is 20.3. The molecule has 9 heteroatoms. The molecule has 176 valence electrons. The number of carbonyl (C=O) groups is 2. The van der Waals surface area contributed by atoms with Crippen molar-refractivity contribution in [2.24, 2.45) is 0 Å². The number of likely N-dealkylation sites (N-methyl/N-ethyl adjacent to an activating group) is 1. The highest BCUT2D eigenvalue weighted by atomic mass is 35.5. The van der Waals surface area contributed by atoms with Crippen LogP contribution in [0, 0.1) is 0 Å². The van der Waals surface area contributed by atoms with E-state index in [1.165, 1.54) is 0 Å². The van der Waals surface area contributed by atoms with Crippen LogP contribution in [0.2, 0.25) is 5.02 Å². The molecule has 0 unspecified atom stereocenters. The Balaban J connectivity index is 1.67. The van der Waals surface area contributed by atoms with Crippen LogP contribution in [0.1, 0.15) is 65.2 Å². The third kappa shape index (κ3) is 5.08. The van der Waals surface area contributed by atoms with E-state index < -0.39 is 23.9 Å². The summed E-state index contributed by atoms with van der Waals surface area (Å²) in [5.41, 5.74) is -0.308. The normalized spacial score (nSPS) is 22.2. The smallest absolute Gasteiger partial charge is 0.444 e. The number of ether oxygens (including phenoxy) is 1. The molecule has 1 atom stereocenters. The summed E-state index contributed by atoms with van der Waals surface area (Å²) in [5, 5.41) is 0.427. The number of hydrogen-bond donors (Lipinski definition) is 0. The molecule has 1 aromatic rings. The lowest BCUT2D eigenvalue weighted by molar-refractivity contribution is 0.00578. The van der Waals surface area contributed by atoms with Gasteiger partial charge in [-0.1, -0.05) is 17.7 Å². The lowest BCUT2D eigenvalue weighted by Gasteiger charge is -2.32. The topological polar surface area (TPSA) is 68.3 Å². The minimum absolute atomic E-state index is 0.0895. The van der Waals surface area contributed by atoms with Gasteiger partial charge in [0.2, 0.25) is 0 Å². The average molecular weight is 465 g/mol. The average Bonchev–Trinajstić information content (AvgIpc) is 3.21. The minimum Gasteiger partial charge on any atom is -0.444 e. The molecular weight excluding hydrogens is 431 g/mol. The Morgan fingerprint density at radius 1 is 1.19 bits per heavy atom. The summed E-state index contributed by atoms with van der Waals surface area (Å²) in [7, 11) is 1.12. The fraction of sp³-hybridized carbons (Fsp3) is 0.652. The van der Waals surface area contributed by atoms with E-state index in [1.807, 2.05) is 48.5 Å². The highest BCUT2D eigenvalue weighted by molar-refractivity contribution is 6.65. The second kappa shape index (κ2) is 8.54. The van der Waals surface area contributed by atoms with Crippen LogP contribution in [0.3, 0.4) is 0 Å². The molecule has 2 saturated heterocycles. The third-order valence-corrected chi connectivity index (χ3v) is 6.76. The van der Waals surface area contributed by atoms with Crippen molar-refractivity contribution in [2.45, 2.75) is 77.7 Å². The van der Waals surface area contributed by atoms with E-state index >= 15 is 0 Å². The SMILES string of the molecule is CN(C(=O)OC(C)(C)C)[C@@H]1CCN(C(=O)c2ccc(B3OC(C)(C)C(C)(C)O3)c(Cl)c2)C1. The molecule has 2 aliphatic rings. The van der Waals surface area contributed by atoms with E-state index in [-0.39, 0.29) is 18.0 Å². The summed E-state index contributed by atoms with van der Waals surface area (Å²) in [5.74, 6) is -0.118. The molecule has 7 nitrogen and oxygen atoms in total. The van der Waals surface area contributed by atoms with Crippen LogP contribution in [0.4, 0.5) is 4.79 Å². The Hall–Kier alpha value is -1.77. The monoisotopic (exact) mass is 464 g/mol.